The van der Waals surface area contributed by atoms with Gasteiger partial charge in [0, 0.05) is 24.3 Å². The third-order valence-electron chi connectivity index (χ3n) is 3.90. The summed E-state index contributed by atoms with van der Waals surface area (Å²) in [4.78, 5) is 14.1. The summed E-state index contributed by atoms with van der Waals surface area (Å²) in [7, 11) is 1.72. The number of rotatable bonds is 7. The molecule has 0 saturated carbocycles. The van der Waals surface area contributed by atoms with Crippen LogP contribution in [-0.2, 0) is 19.7 Å². The Hall–Kier alpha value is -2.25. The highest BCUT2D eigenvalue weighted by Crippen LogP contribution is 2.28. The standard InChI is InChI=1S/C19H19BrClN3O3/c1-3-24-9-8-14(22-24)11-23(2)19(25)18-7-5-15(27-18)12-26-17-6-4-13(20)10-16(17)21/h4-10H,3,11-12H2,1-2H3. The van der Waals surface area contributed by atoms with Gasteiger partial charge in [0.15, 0.2) is 5.76 Å². The highest BCUT2D eigenvalue weighted by molar-refractivity contribution is 9.10. The molecule has 6 nitrogen and oxygen atoms in total. The Bertz CT molecular complexity index is 938. The quantitative estimate of drug-likeness (QED) is 0.518. The first-order valence-corrected chi connectivity index (χ1v) is 9.57. The van der Waals surface area contributed by atoms with Crippen molar-refractivity contribution in [3.63, 3.8) is 0 Å². The van der Waals surface area contributed by atoms with Crippen LogP contribution in [0.4, 0.5) is 0 Å². The molecule has 0 aliphatic rings. The molecule has 2 heterocycles. The average Bonchev–Trinajstić information content (AvgIpc) is 3.29. The number of nitrogens with zero attached hydrogens (tertiary/aromatic N) is 3. The van der Waals surface area contributed by atoms with Crippen LogP contribution in [-0.4, -0.2) is 27.6 Å². The summed E-state index contributed by atoms with van der Waals surface area (Å²) < 4.78 is 14.0. The summed E-state index contributed by atoms with van der Waals surface area (Å²) in [6.07, 6.45) is 1.89. The molecule has 0 unspecified atom stereocenters. The van der Waals surface area contributed by atoms with E-state index >= 15 is 0 Å². The van der Waals surface area contributed by atoms with Gasteiger partial charge < -0.3 is 14.1 Å². The summed E-state index contributed by atoms with van der Waals surface area (Å²) in [6, 6.07) is 10.6. The Labute approximate surface area is 170 Å². The van der Waals surface area contributed by atoms with Gasteiger partial charge in [0.05, 0.1) is 17.3 Å². The van der Waals surface area contributed by atoms with Crippen LogP contribution in [0.15, 0.2) is 51.5 Å². The fourth-order valence-electron chi connectivity index (χ4n) is 2.48. The monoisotopic (exact) mass is 451 g/mol. The van der Waals surface area contributed by atoms with Crippen LogP contribution in [0.2, 0.25) is 5.02 Å². The second-order valence-corrected chi connectivity index (χ2v) is 7.28. The maximum absolute atomic E-state index is 12.5. The van der Waals surface area contributed by atoms with Gasteiger partial charge in [-0.1, -0.05) is 27.5 Å². The number of hydrogen-bond donors (Lipinski definition) is 0. The Morgan fingerprint density at radius 2 is 2.15 bits per heavy atom. The summed E-state index contributed by atoms with van der Waals surface area (Å²) in [5, 5.41) is 4.88. The molecule has 0 N–H and O–H groups in total. The lowest BCUT2D eigenvalue weighted by Crippen LogP contribution is -2.26. The lowest BCUT2D eigenvalue weighted by Gasteiger charge is -2.14. The van der Waals surface area contributed by atoms with Gasteiger partial charge in [0.2, 0.25) is 0 Å². The normalized spacial score (nSPS) is 10.8. The van der Waals surface area contributed by atoms with Crippen LogP contribution < -0.4 is 4.74 Å². The van der Waals surface area contributed by atoms with Crippen LogP contribution in [0.25, 0.3) is 0 Å². The van der Waals surface area contributed by atoms with Gasteiger partial charge in [-0.05, 0) is 43.3 Å². The minimum absolute atomic E-state index is 0.180. The molecule has 0 aliphatic carbocycles. The second-order valence-electron chi connectivity index (χ2n) is 5.95. The van der Waals surface area contributed by atoms with E-state index in [9.17, 15) is 4.79 Å². The first-order valence-electron chi connectivity index (χ1n) is 8.40. The van der Waals surface area contributed by atoms with E-state index in [-0.39, 0.29) is 18.3 Å². The first-order chi connectivity index (χ1) is 13.0. The van der Waals surface area contributed by atoms with E-state index in [0.29, 0.717) is 23.1 Å². The van der Waals surface area contributed by atoms with Crippen LogP contribution in [0.3, 0.4) is 0 Å². The van der Waals surface area contributed by atoms with Gasteiger partial charge in [-0.25, -0.2) is 0 Å². The number of ether oxygens (including phenoxy) is 1. The number of furan rings is 1. The lowest BCUT2D eigenvalue weighted by molar-refractivity contribution is 0.0747. The molecule has 0 bridgehead atoms. The zero-order valence-corrected chi connectivity index (χ0v) is 17.3. The Balaban J connectivity index is 1.59. The minimum Gasteiger partial charge on any atom is -0.484 e. The molecule has 142 valence electrons. The largest absolute Gasteiger partial charge is 0.484 e. The molecule has 8 heteroatoms. The van der Waals surface area contributed by atoms with Gasteiger partial charge in [-0.15, -0.1) is 0 Å². The van der Waals surface area contributed by atoms with Crippen molar-refractivity contribution in [2.45, 2.75) is 26.6 Å². The van der Waals surface area contributed by atoms with Crippen molar-refractivity contribution in [1.82, 2.24) is 14.7 Å². The summed E-state index contributed by atoms with van der Waals surface area (Å²) >= 11 is 9.48. The van der Waals surface area contributed by atoms with Crippen LogP contribution in [0.5, 0.6) is 5.75 Å². The molecular weight excluding hydrogens is 434 g/mol. The van der Waals surface area contributed by atoms with E-state index in [1.807, 2.05) is 29.9 Å². The number of carbonyl (C=O) groups is 1. The number of hydrogen-bond acceptors (Lipinski definition) is 4. The maximum atomic E-state index is 12.5. The number of carbonyl (C=O) groups excluding carboxylic acids is 1. The SMILES string of the molecule is CCn1ccc(CN(C)C(=O)c2ccc(COc3ccc(Br)cc3Cl)o2)n1. The molecule has 0 spiro atoms. The molecule has 27 heavy (non-hydrogen) atoms. The predicted octanol–water partition coefficient (Wildman–Crippen LogP) is 4.76. The van der Waals surface area contributed by atoms with Crippen LogP contribution in [0, 0.1) is 0 Å². The van der Waals surface area contributed by atoms with Crippen molar-refractivity contribution in [2.24, 2.45) is 0 Å². The Morgan fingerprint density at radius 3 is 2.85 bits per heavy atom. The third-order valence-corrected chi connectivity index (χ3v) is 4.69. The van der Waals surface area contributed by atoms with Crippen molar-refractivity contribution in [3.05, 3.63) is 69.3 Å². The van der Waals surface area contributed by atoms with Gasteiger partial charge in [0.1, 0.15) is 18.1 Å². The summed E-state index contributed by atoms with van der Waals surface area (Å²) in [6.45, 7) is 3.40. The molecule has 0 radical (unpaired) electrons. The highest BCUT2D eigenvalue weighted by Gasteiger charge is 2.17. The van der Waals surface area contributed by atoms with Crippen LogP contribution >= 0.6 is 27.5 Å². The number of amides is 1. The van der Waals surface area contributed by atoms with E-state index < -0.39 is 0 Å². The maximum Gasteiger partial charge on any atom is 0.289 e. The number of benzene rings is 1. The summed E-state index contributed by atoms with van der Waals surface area (Å²) in [5.41, 5.74) is 0.827. The van der Waals surface area contributed by atoms with Crippen molar-refractivity contribution in [2.75, 3.05) is 7.05 Å². The molecule has 3 rings (SSSR count). The van der Waals surface area contributed by atoms with Crippen molar-refractivity contribution < 1.29 is 13.9 Å². The molecule has 0 fully saturated rings. The smallest absolute Gasteiger partial charge is 0.289 e. The van der Waals surface area contributed by atoms with Crippen LogP contribution in [0.1, 0.15) is 28.9 Å². The van der Waals surface area contributed by atoms with E-state index in [4.69, 9.17) is 20.8 Å². The van der Waals surface area contributed by atoms with Gasteiger partial charge in [-0.2, -0.15) is 5.10 Å². The molecule has 3 aromatic rings. The van der Waals surface area contributed by atoms with E-state index in [2.05, 4.69) is 21.0 Å². The van der Waals surface area contributed by atoms with E-state index in [1.165, 1.54) is 0 Å². The summed E-state index contributed by atoms with van der Waals surface area (Å²) in [5.74, 6) is 1.13. The average molecular weight is 453 g/mol. The van der Waals surface area contributed by atoms with Crippen molar-refractivity contribution >= 4 is 33.4 Å². The predicted molar refractivity (Wildman–Crippen MR) is 106 cm³/mol. The number of halogens is 2. The van der Waals surface area contributed by atoms with Gasteiger partial charge >= 0.3 is 0 Å². The zero-order chi connectivity index (χ0) is 19.4. The highest BCUT2D eigenvalue weighted by atomic mass is 79.9. The van der Waals surface area contributed by atoms with Gasteiger partial charge in [-0.3, -0.25) is 9.48 Å². The zero-order valence-electron chi connectivity index (χ0n) is 15.0. The van der Waals surface area contributed by atoms with Crippen molar-refractivity contribution in [3.8, 4) is 5.75 Å². The lowest BCUT2D eigenvalue weighted by atomic mass is 10.3. The molecule has 2 aromatic heterocycles. The van der Waals surface area contributed by atoms with E-state index in [1.54, 1.807) is 36.2 Å². The molecule has 0 atom stereocenters. The van der Waals surface area contributed by atoms with Gasteiger partial charge in [0.25, 0.3) is 5.91 Å². The van der Waals surface area contributed by atoms with E-state index in [0.717, 1.165) is 16.7 Å². The Kier molecular flexibility index (Phi) is 6.23. The Morgan fingerprint density at radius 1 is 1.33 bits per heavy atom. The molecule has 0 aliphatic heterocycles. The molecule has 1 amide bonds. The number of aryl methyl sites for hydroxylation is 1. The molecule has 0 saturated heterocycles. The second kappa shape index (κ2) is 8.63. The van der Waals surface area contributed by atoms with Crippen molar-refractivity contribution in [1.29, 1.82) is 0 Å². The number of aromatic nitrogens is 2. The first kappa shape index (κ1) is 19.5. The molecule has 1 aromatic carbocycles. The molecular formula is C19H19BrClN3O3. The third kappa shape index (κ3) is 4.93. The topological polar surface area (TPSA) is 60.5 Å². The fourth-order valence-corrected chi connectivity index (χ4v) is 3.21. The fraction of sp³-hybridized carbons (Fsp3) is 0.263. The minimum atomic E-state index is -0.214.